The molecule has 7 heteroatoms. The topological polar surface area (TPSA) is 96.0 Å². The monoisotopic (exact) mass is 305 g/mol. The number of rotatable bonds is 3. The minimum Gasteiger partial charge on any atom is -0.399 e. The van der Waals surface area contributed by atoms with E-state index in [0.29, 0.717) is 11.3 Å². The van der Waals surface area contributed by atoms with Crippen molar-refractivity contribution in [2.45, 2.75) is 11.8 Å². The third kappa shape index (κ3) is 3.12. The van der Waals surface area contributed by atoms with Crippen LogP contribution in [0.3, 0.4) is 0 Å². The highest BCUT2D eigenvalue weighted by molar-refractivity contribution is 7.92. The second-order valence-corrected chi connectivity index (χ2v) is 6.08. The second-order valence-electron chi connectivity index (χ2n) is 4.43. The van der Waals surface area contributed by atoms with Gasteiger partial charge in [0.2, 0.25) is 0 Å². The summed E-state index contributed by atoms with van der Waals surface area (Å²) >= 11 is 0. The van der Waals surface area contributed by atoms with E-state index in [9.17, 15) is 12.8 Å². The maximum Gasteiger partial charge on any atom is 0.262 e. The van der Waals surface area contributed by atoms with Crippen LogP contribution in [0.1, 0.15) is 11.1 Å². The van der Waals surface area contributed by atoms with E-state index in [1.807, 2.05) is 0 Å². The number of sulfonamides is 1. The lowest BCUT2D eigenvalue weighted by Crippen LogP contribution is -2.15. The van der Waals surface area contributed by atoms with Crippen molar-refractivity contribution in [2.24, 2.45) is 0 Å². The van der Waals surface area contributed by atoms with Crippen LogP contribution in [0.4, 0.5) is 15.8 Å². The lowest BCUT2D eigenvalue weighted by molar-refractivity contribution is 0.600. The summed E-state index contributed by atoms with van der Waals surface area (Å²) in [5.74, 6) is -0.613. The maximum absolute atomic E-state index is 13.1. The van der Waals surface area contributed by atoms with Gasteiger partial charge in [-0.1, -0.05) is 0 Å². The summed E-state index contributed by atoms with van der Waals surface area (Å²) < 4.78 is 40.0. The quantitative estimate of drug-likeness (QED) is 0.851. The fourth-order valence-electron chi connectivity index (χ4n) is 1.87. The van der Waals surface area contributed by atoms with Crippen molar-refractivity contribution in [1.29, 1.82) is 5.26 Å². The number of aryl methyl sites for hydroxylation is 1. The summed E-state index contributed by atoms with van der Waals surface area (Å²) in [7, 11) is -3.89. The molecule has 0 radical (unpaired) electrons. The Labute approximate surface area is 121 Å². The van der Waals surface area contributed by atoms with Crippen LogP contribution >= 0.6 is 0 Å². The lowest BCUT2D eigenvalue weighted by atomic mass is 10.2. The Bertz CT molecular complexity index is 842. The van der Waals surface area contributed by atoms with Gasteiger partial charge in [-0.25, -0.2) is 12.8 Å². The molecule has 0 unspecified atom stereocenters. The standard InChI is InChI=1S/C14H12FN3O2S/c1-9-6-12(17)3-5-14(9)21(19,20)18-13-4-2-11(15)7-10(13)8-16/h2-7,18H,17H2,1H3. The number of nitrogens with one attached hydrogen (secondary N) is 1. The number of anilines is 2. The van der Waals surface area contributed by atoms with Crippen LogP contribution in [0.2, 0.25) is 0 Å². The number of benzene rings is 2. The molecule has 0 saturated heterocycles. The molecule has 0 fully saturated rings. The number of hydrogen-bond acceptors (Lipinski definition) is 4. The zero-order chi connectivity index (χ0) is 15.6. The molecule has 2 aromatic carbocycles. The van der Waals surface area contributed by atoms with Crippen molar-refractivity contribution >= 4 is 21.4 Å². The SMILES string of the molecule is Cc1cc(N)ccc1S(=O)(=O)Nc1ccc(F)cc1C#N. The largest absolute Gasteiger partial charge is 0.399 e. The number of hydrogen-bond donors (Lipinski definition) is 2. The zero-order valence-corrected chi connectivity index (χ0v) is 11.9. The molecule has 21 heavy (non-hydrogen) atoms. The van der Waals surface area contributed by atoms with Crippen molar-refractivity contribution in [3.63, 3.8) is 0 Å². The van der Waals surface area contributed by atoms with E-state index in [1.165, 1.54) is 24.3 Å². The first-order chi connectivity index (χ1) is 9.83. The molecule has 0 spiro atoms. The molecule has 3 N–H and O–H groups in total. The van der Waals surface area contributed by atoms with E-state index in [0.717, 1.165) is 12.1 Å². The lowest BCUT2D eigenvalue weighted by Gasteiger charge is -2.12. The molecule has 0 saturated carbocycles. The van der Waals surface area contributed by atoms with E-state index in [2.05, 4.69) is 4.72 Å². The molecule has 0 bridgehead atoms. The molecule has 0 atom stereocenters. The van der Waals surface area contributed by atoms with Crippen LogP contribution < -0.4 is 10.5 Å². The van der Waals surface area contributed by atoms with Crippen LogP contribution in [0.25, 0.3) is 0 Å². The van der Waals surface area contributed by atoms with Crippen molar-refractivity contribution in [3.05, 3.63) is 53.3 Å². The number of nitrogens with zero attached hydrogens (tertiary/aromatic N) is 1. The van der Waals surface area contributed by atoms with Crippen LogP contribution in [0, 0.1) is 24.1 Å². The fourth-order valence-corrected chi connectivity index (χ4v) is 3.18. The van der Waals surface area contributed by atoms with Gasteiger partial charge in [0.05, 0.1) is 16.1 Å². The highest BCUT2D eigenvalue weighted by Crippen LogP contribution is 2.23. The van der Waals surface area contributed by atoms with Gasteiger partial charge in [0.1, 0.15) is 11.9 Å². The smallest absolute Gasteiger partial charge is 0.262 e. The zero-order valence-electron chi connectivity index (χ0n) is 11.1. The summed E-state index contributed by atoms with van der Waals surface area (Å²) in [6.07, 6.45) is 0. The van der Waals surface area contributed by atoms with E-state index >= 15 is 0 Å². The number of halogens is 1. The van der Waals surface area contributed by atoms with Gasteiger partial charge in [-0.15, -0.1) is 0 Å². The second kappa shape index (κ2) is 5.42. The Morgan fingerprint density at radius 2 is 1.95 bits per heavy atom. The van der Waals surface area contributed by atoms with Gasteiger partial charge in [-0.2, -0.15) is 5.26 Å². The van der Waals surface area contributed by atoms with E-state index in [-0.39, 0.29) is 16.1 Å². The van der Waals surface area contributed by atoms with Crippen molar-refractivity contribution in [1.82, 2.24) is 0 Å². The van der Waals surface area contributed by atoms with Gasteiger partial charge in [-0.3, -0.25) is 4.72 Å². The molecule has 2 rings (SSSR count). The minimum atomic E-state index is -3.89. The average molecular weight is 305 g/mol. The Kier molecular flexibility index (Phi) is 3.82. The van der Waals surface area contributed by atoms with Crippen molar-refractivity contribution in [2.75, 3.05) is 10.5 Å². The Balaban J connectivity index is 2.45. The highest BCUT2D eigenvalue weighted by Gasteiger charge is 2.18. The van der Waals surface area contributed by atoms with Gasteiger partial charge in [0.15, 0.2) is 0 Å². The molecule has 0 aliphatic carbocycles. The summed E-state index contributed by atoms with van der Waals surface area (Å²) in [6, 6.07) is 9.38. The molecule has 0 amide bonds. The van der Waals surface area contributed by atoms with Crippen LogP contribution in [0.5, 0.6) is 0 Å². The molecular weight excluding hydrogens is 293 g/mol. The molecule has 0 heterocycles. The Morgan fingerprint density at radius 3 is 2.57 bits per heavy atom. The van der Waals surface area contributed by atoms with Gasteiger partial charge in [0.25, 0.3) is 10.0 Å². The Hall–Kier alpha value is -2.59. The molecule has 108 valence electrons. The van der Waals surface area contributed by atoms with Crippen molar-refractivity contribution in [3.8, 4) is 6.07 Å². The molecule has 0 aliphatic rings. The fraction of sp³-hybridized carbons (Fsp3) is 0.0714. The first-order valence-corrected chi connectivity index (χ1v) is 7.40. The predicted molar refractivity (Wildman–Crippen MR) is 77.5 cm³/mol. The van der Waals surface area contributed by atoms with Crippen LogP contribution in [0.15, 0.2) is 41.3 Å². The number of nitrogens with two attached hydrogens (primary N) is 1. The predicted octanol–water partition coefficient (Wildman–Crippen LogP) is 2.39. The van der Waals surface area contributed by atoms with Crippen LogP contribution in [-0.2, 0) is 10.0 Å². The van der Waals surface area contributed by atoms with E-state index in [1.54, 1.807) is 13.0 Å². The molecular formula is C14H12FN3O2S. The van der Waals surface area contributed by atoms with E-state index in [4.69, 9.17) is 11.0 Å². The average Bonchev–Trinajstić information content (AvgIpc) is 2.40. The van der Waals surface area contributed by atoms with Crippen LogP contribution in [-0.4, -0.2) is 8.42 Å². The summed E-state index contributed by atoms with van der Waals surface area (Å²) in [4.78, 5) is 0.0462. The highest BCUT2D eigenvalue weighted by atomic mass is 32.2. The minimum absolute atomic E-state index is 0.0233. The van der Waals surface area contributed by atoms with Crippen molar-refractivity contribution < 1.29 is 12.8 Å². The number of nitrogen functional groups attached to an aromatic ring is 1. The molecule has 5 nitrogen and oxygen atoms in total. The van der Waals surface area contributed by atoms with Gasteiger partial charge in [-0.05, 0) is 48.9 Å². The van der Waals surface area contributed by atoms with E-state index < -0.39 is 15.8 Å². The molecule has 0 aliphatic heterocycles. The maximum atomic E-state index is 13.1. The van der Waals surface area contributed by atoms with Gasteiger partial charge in [0, 0.05) is 5.69 Å². The third-order valence-corrected chi connectivity index (χ3v) is 4.36. The number of nitriles is 1. The Morgan fingerprint density at radius 1 is 1.24 bits per heavy atom. The first-order valence-electron chi connectivity index (χ1n) is 5.92. The summed E-state index contributed by atoms with van der Waals surface area (Å²) in [5, 5.41) is 8.93. The summed E-state index contributed by atoms with van der Waals surface area (Å²) in [6.45, 7) is 1.61. The third-order valence-electron chi connectivity index (χ3n) is 2.83. The summed E-state index contributed by atoms with van der Waals surface area (Å²) in [5.41, 5.74) is 6.44. The first kappa shape index (κ1) is 14.8. The van der Waals surface area contributed by atoms with Gasteiger partial charge >= 0.3 is 0 Å². The molecule has 0 aromatic heterocycles. The van der Waals surface area contributed by atoms with Gasteiger partial charge < -0.3 is 5.73 Å². The normalized spacial score (nSPS) is 10.9. The molecule has 2 aromatic rings.